The Bertz CT molecular complexity index is 1100. The minimum absolute atomic E-state index is 0.00806. The van der Waals surface area contributed by atoms with Crippen molar-refractivity contribution in [3.63, 3.8) is 0 Å². The van der Waals surface area contributed by atoms with E-state index in [-0.39, 0.29) is 11.5 Å². The average molecular weight is 490 g/mol. The third-order valence-corrected chi connectivity index (χ3v) is 6.12. The van der Waals surface area contributed by atoms with Crippen LogP contribution in [0.1, 0.15) is 27.0 Å². The topological polar surface area (TPSA) is 76.0 Å². The van der Waals surface area contributed by atoms with E-state index in [1.807, 2.05) is 12.1 Å². The summed E-state index contributed by atoms with van der Waals surface area (Å²) in [6, 6.07) is 13.4. The maximum atomic E-state index is 12.7. The first-order valence-corrected chi connectivity index (χ1v) is 9.57. The molecule has 2 N–H and O–H groups in total. The number of carbonyl (C=O) groups excluding carboxylic acids is 1. The summed E-state index contributed by atoms with van der Waals surface area (Å²) in [7, 11) is 0. The fourth-order valence-corrected chi connectivity index (χ4v) is 4.37. The Morgan fingerprint density at radius 1 is 0.815 bits per heavy atom. The van der Waals surface area contributed by atoms with E-state index < -0.39 is 11.6 Å². The fraction of sp³-hybridized carbons (Fsp3) is 0.0500. The molecule has 2 aliphatic rings. The molecule has 134 valence electrons. The first-order valence-electron chi connectivity index (χ1n) is 7.98. The van der Waals surface area contributed by atoms with Crippen LogP contribution in [-0.2, 0) is 10.3 Å². The predicted molar refractivity (Wildman–Crippen MR) is 103 cm³/mol. The van der Waals surface area contributed by atoms with Gasteiger partial charge in [0.05, 0.1) is 14.5 Å². The Hall–Kier alpha value is -2.51. The van der Waals surface area contributed by atoms with Crippen LogP contribution in [0.4, 0.5) is 0 Å². The Labute approximate surface area is 170 Å². The number of carbonyl (C=O) groups is 1. The van der Waals surface area contributed by atoms with Gasteiger partial charge in [0.2, 0.25) is 0 Å². The van der Waals surface area contributed by atoms with Crippen LogP contribution in [0.3, 0.4) is 0 Å². The van der Waals surface area contributed by atoms with E-state index in [1.165, 1.54) is 12.1 Å². The molecule has 0 radical (unpaired) electrons. The van der Waals surface area contributed by atoms with Gasteiger partial charge in [-0.05, 0) is 50.1 Å². The molecule has 0 aliphatic carbocycles. The van der Waals surface area contributed by atoms with E-state index in [0.717, 1.165) is 0 Å². The number of rotatable bonds is 0. The van der Waals surface area contributed by atoms with Gasteiger partial charge in [0.1, 0.15) is 23.0 Å². The summed E-state index contributed by atoms with van der Waals surface area (Å²) in [5, 5.41) is 20.2. The standard InChI is InChI=1S/C20H10Br2O5/c21-13-5-11-17(7-15(13)23)26-18-8-16(24)14(22)6-12(18)20(11)10-4-2-1-3-9(10)19(25)27-20/h1-8,23-24H. The van der Waals surface area contributed by atoms with E-state index in [4.69, 9.17) is 9.47 Å². The van der Waals surface area contributed by atoms with Crippen LogP contribution in [0, 0.1) is 0 Å². The Morgan fingerprint density at radius 2 is 1.37 bits per heavy atom. The van der Waals surface area contributed by atoms with Crippen molar-refractivity contribution in [2.24, 2.45) is 0 Å². The molecule has 0 saturated carbocycles. The maximum Gasteiger partial charge on any atom is 0.340 e. The molecule has 0 atom stereocenters. The minimum atomic E-state index is -1.25. The Balaban J connectivity index is 1.94. The lowest BCUT2D eigenvalue weighted by molar-refractivity contribution is 0.0223. The third-order valence-electron chi connectivity index (χ3n) is 4.85. The molecule has 27 heavy (non-hydrogen) atoms. The molecule has 3 aromatic carbocycles. The van der Waals surface area contributed by atoms with Crippen molar-refractivity contribution >= 4 is 37.8 Å². The third kappa shape index (κ3) is 2.12. The molecule has 0 saturated heterocycles. The molecular weight excluding hydrogens is 480 g/mol. The van der Waals surface area contributed by atoms with Crippen LogP contribution >= 0.6 is 31.9 Å². The Kier molecular flexibility index (Phi) is 3.39. The van der Waals surface area contributed by atoms with E-state index >= 15 is 0 Å². The highest BCUT2D eigenvalue weighted by molar-refractivity contribution is 9.10. The summed E-state index contributed by atoms with van der Waals surface area (Å²) in [4.78, 5) is 12.7. The van der Waals surface area contributed by atoms with Crippen LogP contribution < -0.4 is 4.74 Å². The molecule has 0 aromatic heterocycles. The smallest absolute Gasteiger partial charge is 0.340 e. The highest BCUT2D eigenvalue weighted by Gasteiger charge is 2.54. The van der Waals surface area contributed by atoms with Crippen LogP contribution in [0.2, 0.25) is 0 Å². The van der Waals surface area contributed by atoms with Gasteiger partial charge in [-0.1, -0.05) is 18.2 Å². The van der Waals surface area contributed by atoms with E-state index in [9.17, 15) is 15.0 Å². The van der Waals surface area contributed by atoms with Crippen molar-refractivity contribution in [2.75, 3.05) is 0 Å². The number of fused-ring (bicyclic) bond motifs is 6. The summed E-state index contributed by atoms with van der Waals surface area (Å²) >= 11 is 6.66. The lowest BCUT2D eigenvalue weighted by Crippen LogP contribution is -2.33. The number of esters is 1. The van der Waals surface area contributed by atoms with Crippen LogP contribution in [0.5, 0.6) is 23.0 Å². The zero-order valence-corrected chi connectivity index (χ0v) is 16.7. The first kappa shape index (κ1) is 16.6. The highest BCUT2D eigenvalue weighted by atomic mass is 79.9. The van der Waals surface area contributed by atoms with Crippen molar-refractivity contribution in [1.29, 1.82) is 0 Å². The van der Waals surface area contributed by atoms with Gasteiger partial charge in [-0.3, -0.25) is 0 Å². The maximum absolute atomic E-state index is 12.7. The molecule has 2 heterocycles. The van der Waals surface area contributed by atoms with Gasteiger partial charge in [-0.25, -0.2) is 4.79 Å². The van der Waals surface area contributed by atoms with Gasteiger partial charge in [0.25, 0.3) is 0 Å². The first-order chi connectivity index (χ1) is 12.9. The van der Waals surface area contributed by atoms with E-state index in [2.05, 4.69) is 31.9 Å². The molecular formula is C20H10Br2O5. The minimum Gasteiger partial charge on any atom is -0.507 e. The second-order valence-electron chi connectivity index (χ2n) is 6.32. The molecule has 3 aromatic rings. The summed E-state index contributed by atoms with van der Waals surface area (Å²) < 4.78 is 12.8. The normalized spacial score (nSPS) is 15.6. The zero-order chi connectivity index (χ0) is 18.9. The van der Waals surface area contributed by atoms with Crippen molar-refractivity contribution in [1.82, 2.24) is 0 Å². The molecule has 1 spiro atoms. The molecule has 5 nitrogen and oxygen atoms in total. The van der Waals surface area contributed by atoms with Crippen molar-refractivity contribution < 1.29 is 24.5 Å². The second kappa shape index (κ2) is 5.50. The largest absolute Gasteiger partial charge is 0.507 e. The van der Waals surface area contributed by atoms with Gasteiger partial charge in [-0.15, -0.1) is 0 Å². The summed E-state index contributed by atoms with van der Waals surface area (Å²) in [6.45, 7) is 0. The number of benzene rings is 3. The highest BCUT2D eigenvalue weighted by Crippen LogP contribution is 2.58. The molecule has 7 heteroatoms. The zero-order valence-electron chi connectivity index (χ0n) is 13.5. The Morgan fingerprint density at radius 3 is 1.96 bits per heavy atom. The van der Waals surface area contributed by atoms with Gasteiger partial charge in [-0.2, -0.15) is 0 Å². The SMILES string of the molecule is O=C1OC2(c3cc(Br)c(O)cc3Oc3cc(O)c(Br)cc32)c2ccccc21. The number of hydrogen-bond donors (Lipinski definition) is 2. The lowest BCUT2D eigenvalue weighted by Gasteiger charge is -2.36. The summed E-state index contributed by atoms with van der Waals surface area (Å²) in [5.41, 5.74) is 1.05. The number of halogens is 2. The molecule has 0 bridgehead atoms. The quantitative estimate of drug-likeness (QED) is 0.425. The fourth-order valence-electron chi connectivity index (χ4n) is 3.69. The molecule has 0 unspecified atom stereocenters. The van der Waals surface area contributed by atoms with E-state index in [1.54, 1.807) is 24.3 Å². The second-order valence-corrected chi connectivity index (χ2v) is 8.03. The lowest BCUT2D eigenvalue weighted by atomic mass is 9.77. The van der Waals surface area contributed by atoms with Gasteiger partial charge >= 0.3 is 5.97 Å². The number of aromatic hydroxyl groups is 2. The van der Waals surface area contributed by atoms with Crippen LogP contribution in [0.15, 0.2) is 57.5 Å². The molecule has 2 aliphatic heterocycles. The van der Waals surface area contributed by atoms with Crippen LogP contribution in [-0.4, -0.2) is 16.2 Å². The monoisotopic (exact) mass is 488 g/mol. The van der Waals surface area contributed by atoms with E-state index in [0.29, 0.717) is 42.7 Å². The number of phenolic OH excluding ortho intramolecular Hbond substituents is 2. The van der Waals surface area contributed by atoms with Gasteiger partial charge in [0.15, 0.2) is 5.60 Å². The van der Waals surface area contributed by atoms with Crippen molar-refractivity contribution in [2.45, 2.75) is 5.60 Å². The number of ether oxygens (including phenoxy) is 2. The predicted octanol–water partition coefficient (Wildman–Crippen LogP) is 5.19. The van der Waals surface area contributed by atoms with Crippen molar-refractivity contribution in [3.8, 4) is 23.0 Å². The molecule has 0 fully saturated rings. The number of phenols is 2. The van der Waals surface area contributed by atoms with Crippen molar-refractivity contribution in [3.05, 3.63) is 79.7 Å². The molecule has 5 rings (SSSR count). The van der Waals surface area contributed by atoms with Gasteiger partial charge in [0, 0.05) is 28.8 Å². The number of hydrogen-bond acceptors (Lipinski definition) is 5. The summed E-state index contributed by atoms with van der Waals surface area (Å²) in [5.74, 6) is 0.222. The van der Waals surface area contributed by atoms with Crippen LogP contribution in [0.25, 0.3) is 0 Å². The average Bonchev–Trinajstić information content (AvgIpc) is 2.93. The summed E-state index contributed by atoms with van der Waals surface area (Å²) in [6.07, 6.45) is 0. The molecule has 0 amide bonds. The van der Waals surface area contributed by atoms with Gasteiger partial charge < -0.3 is 19.7 Å².